The number of carbonyl (C=O) groups is 1. The molecule has 0 radical (unpaired) electrons. The van der Waals surface area contributed by atoms with E-state index in [9.17, 15) is 4.79 Å². The molecule has 4 nitrogen and oxygen atoms in total. The van der Waals surface area contributed by atoms with Crippen molar-refractivity contribution in [3.05, 3.63) is 29.8 Å². The summed E-state index contributed by atoms with van der Waals surface area (Å²) < 4.78 is 0. The fourth-order valence-electron chi connectivity index (χ4n) is 1.95. The van der Waals surface area contributed by atoms with Crippen molar-refractivity contribution >= 4 is 36.4 Å². The number of rotatable bonds is 7. The summed E-state index contributed by atoms with van der Waals surface area (Å²) in [6.45, 7) is 10.9. The first kappa shape index (κ1) is 23.5. The van der Waals surface area contributed by atoms with Crippen LogP contribution >= 0.6 is 24.8 Å². The van der Waals surface area contributed by atoms with Gasteiger partial charge in [-0.2, -0.15) is 0 Å². The van der Waals surface area contributed by atoms with E-state index in [4.69, 9.17) is 5.73 Å². The van der Waals surface area contributed by atoms with E-state index in [-0.39, 0.29) is 42.7 Å². The molecule has 2 atom stereocenters. The van der Waals surface area contributed by atoms with Crippen LogP contribution in [0.3, 0.4) is 0 Å². The van der Waals surface area contributed by atoms with Gasteiger partial charge < -0.3 is 11.1 Å². The van der Waals surface area contributed by atoms with E-state index >= 15 is 0 Å². The molecule has 0 heterocycles. The largest absolute Gasteiger partial charge is 0.327 e. The van der Waals surface area contributed by atoms with Crippen molar-refractivity contribution in [2.75, 3.05) is 18.4 Å². The third-order valence-electron chi connectivity index (χ3n) is 3.70. The minimum Gasteiger partial charge on any atom is -0.327 e. The molecule has 0 fully saturated rings. The van der Waals surface area contributed by atoms with Crippen LogP contribution in [0.25, 0.3) is 0 Å². The van der Waals surface area contributed by atoms with E-state index in [2.05, 4.69) is 30.1 Å². The molecule has 22 heavy (non-hydrogen) atoms. The van der Waals surface area contributed by atoms with Crippen LogP contribution in [0.2, 0.25) is 0 Å². The highest BCUT2D eigenvalue weighted by molar-refractivity contribution is 5.92. The van der Waals surface area contributed by atoms with Crippen molar-refractivity contribution in [2.24, 2.45) is 11.7 Å². The Hall–Kier alpha value is -0.810. The molecule has 6 heteroatoms. The zero-order valence-corrected chi connectivity index (χ0v) is 15.5. The lowest BCUT2D eigenvalue weighted by molar-refractivity contribution is -0.119. The van der Waals surface area contributed by atoms with Crippen LogP contribution in [0.15, 0.2) is 24.3 Å². The lowest BCUT2D eigenvalue weighted by atomic mass is 10.0. The molecular formula is C16H29Cl2N3O. The highest BCUT2D eigenvalue weighted by atomic mass is 35.5. The van der Waals surface area contributed by atoms with Gasteiger partial charge in [0.15, 0.2) is 0 Å². The third kappa shape index (κ3) is 7.45. The Morgan fingerprint density at radius 3 is 2.32 bits per heavy atom. The van der Waals surface area contributed by atoms with Crippen molar-refractivity contribution in [1.82, 2.24) is 4.90 Å². The number of amides is 1. The van der Waals surface area contributed by atoms with E-state index in [0.29, 0.717) is 0 Å². The van der Waals surface area contributed by atoms with Gasteiger partial charge in [0.1, 0.15) is 0 Å². The van der Waals surface area contributed by atoms with Gasteiger partial charge in [-0.15, -0.1) is 24.8 Å². The van der Waals surface area contributed by atoms with E-state index < -0.39 is 0 Å². The number of halogens is 2. The summed E-state index contributed by atoms with van der Waals surface area (Å²) in [6, 6.07) is 7.86. The molecule has 2 unspecified atom stereocenters. The first-order valence-electron chi connectivity index (χ1n) is 7.35. The van der Waals surface area contributed by atoms with Crippen molar-refractivity contribution in [2.45, 2.75) is 40.3 Å². The van der Waals surface area contributed by atoms with Crippen LogP contribution in [0.5, 0.6) is 0 Å². The van der Waals surface area contributed by atoms with Crippen molar-refractivity contribution in [3.8, 4) is 0 Å². The Balaban J connectivity index is 0. The van der Waals surface area contributed by atoms with Gasteiger partial charge in [-0.25, -0.2) is 0 Å². The van der Waals surface area contributed by atoms with Gasteiger partial charge in [0, 0.05) is 18.3 Å². The minimum absolute atomic E-state index is 0. The van der Waals surface area contributed by atoms with Gasteiger partial charge in [-0.3, -0.25) is 9.69 Å². The van der Waals surface area contributed by atoms with Gasteiger partial charge in [0.2, 0.25) is 5.91 Å². The molecule has 128 valence electrons. The van der Waals surface area contributed by atoms with Crippen LogP contribution in [0.4, 0.5) is 5.69 Å². The molecular weight excluding hydrogens is 321 g/mol. The molecule has 0 aliphatic carbocycles. The van der Waals surface area contributed by atoms with Gasteiger partial charge in [-0.05, 0) is 37.7 Å². The predicted octanol–water partition coefficient (Wildman–Crippen LogP) is 3.29. The Morgan fingerprint density at radius 2 is 1.82 bits per heavy atom. The third-order valence-corrected chi connectivity index (χ3v) is 3.70. The molecule has 1 aromatic carbocycles. The summed E-state index contributed by atoms with van der Waals surface area (Å²) in [5.74, 6) is -0.221. The van der Waals surface area contributed by atoms with Gasteiger partial charge in [0.25, 0.3) is 0 Å². The Morgan fingerprint density at radius 1 is 1.23 bits per heavy atom. The number of carbonyl (C=O) groups excluding carboxylic acids is 1. The molecule has 1 amide bonds. The summed E-state index contributed by atoms with van der Waals surface area (Å²) in [6.07, 6.45) is 0. The smallest absolute Gasteiger partial charge is 0.228 e. The van der Waals surface area contributed by atoms with Crippen molar-refractivity contribution in [1.29, 1.82) is 0 Å². The monoisotopic (exact) mass is 349 g/mol. The number of nitrogens with zero attached hydrogens (tertiary/aromatic N) is 1. The summed E-state index contributed by atoms with van der Waals surface area (Å²) in [7, 11) is 0. The van der Waals surface area contributed by atoms with Crippen LogP contribution in [-0.4, -0.2) is 29.9 Å². The van der Waals surface area contributed by atoms with Crippen molar-refractivity contribution < 1.29 is 4.79 Å². The second kappa shape index (κ2) is 11.7. The standard InChI is InChI=1S/C16H27N3O.2ClH/c1-5-19(6-2)11-14-8-7-9-15(10-14)18-16(20)12(3)13(4)17;;/h7-10,12-13H,5-6,11,17H2,1-4H3,(H,18,20);2*1H. The number of nitrogens with one attached hydrogen (secondary N) is 1. The summed E-state index contributed by atoms with van der Waals surface area (Å²) in [5, 5.41) is 2.94. The van der Waals surface area contributed by atoms with E-state index in [1.807, 2.05) is 32.0 Å². The lowest BCUT2D eigenvalue weighted by Crippen LogP contribution is -2.34. The highest BCUT2D eigenvalue weighted by Crippen LogP contribution is 2.14. The molecule has 3 N–H and O–H groups in total. The van der Waals surface area contributed by atoms with Gasteiger partial charge in [0.05, 0.1) is 5.92 Å². The summed E-state index contributed by atoms with van der Waals surface area (Å²) in [5.41, 5.74) is 7.80. The maximum atomic E-state index is 12.0. The quantitative estimate of drug-likeness (QED) is 0.793. The molecule has 0 aromatic heterocycles. The molecule has 0 bridgehead atoms. The molecule has 0 aliphatic heterocycles. The summed E-state index contributed by atoms with van der Waals surface area (Å²) in [4.78, 5) is 14.3. The normalized spacial score (nSPS) is 12.8. The first-order valence-corrected chi connectivity index (χ1v) is 7.35. The fraction of sp³-hybridized carbons (Fsp3) is 0.562. The molecule has 1 rings (SSSR count). The number of hydrogen-bond acceptors (Lipinski definition) is 3. The van der Waals surface area contributed by atoms with Crippen LogP contribution in [0.1, 0.15) is 33.3 Å². The molecule has 0 saturated heterocycles. The van der Waals surface area contributed by atoms with Crippen LogP contribution in [-0.2, 0) is 11.3 Å². The minimum atomic E-state index is -0.193. The second-order valence-corrected chi connectivity index (χ2v) is 5.30. The second-order valence-electron chi connectivity index (χ2n) is 5.30. The average molecular weight is 350 g/mol. The first-order chi connectivity index (χ1) is 9.47. The van der Waals surface area contributed by atoms with Gasteiger partial charge >= 0.3 is 0 Å². The zero-order chi connectivity index (χ0) is 15.1. The summed E-state index contributed by atoms with van der Waals surface area (Å²) >= 11 is 0. The SMILES string of the molecule is CCN(CC)Cc1cccc(NC(=O)C(C)C(C)N)c1.Cl.Cl. The maximum Gasteiger partial charge on any atom is 0.228 e. The number of benzene rings is 1. The van der Waals surface area contributed by atoms with E-state index in [0.717, 1.165) is 25.3 Å². The van der Waals surface area contributed by atoms with E-state index in [1.165, 1.54) is 5.56 Å². The lowest BCUT2D eigenvalue weighted by Gasteiger charge is -2.19. The molecule has 0 spiro atoms. The number of nitrogens with two attached hydrogens (primary N) is 1. The number of hydrogen-bond donors (Lipinski definition) is 2. The Kier molecular flexibility index (Phi) is 12.5. The molecule has 0 saturated carbocycles. The zero-order valence-electron chi connectivity index (χ0n) is 13.8. The fourth-order valence-corrected chi connectivity index (χ4v) is 1.95. The van der Waals surface area contributed by atoms with E-state index in [1.54, 1.807) is 0 Å². The topological polar surface area (TPSA) is 58.4 Å². The highest BCUT2D eigenvalue weighted by Gasteiger charge is 2.17. The van der Waals surface area contributed by atoms with Crippen molar-refractivity contribution in [3.63, 3.8) is 0 Å². The maximum absolute atomic E-state index is 12.0. The van der Waals surface area contributed by atoms with Gasteiger partial charge in [-0.1, -0.05) is 32.9 Å². The molecule has 0 aliphatic rings. The van der Waals surface area contributed by atoms with Crippen LogP contribution < -0.4 is 11.1 Å². The van der Waals surface area contributed by atoms with Crippen LogP contribution in [0, 0.1) is 5.92 Å². The Bertz CT molecular complexity index is 437. The Labute approximate surface area is 146 Å². The number of anilines is 1. The predicted molar refractivity (Wildman–Crippen MR) is 99.0 cm³/mol. The average Bonchev–Trinajstić information content (AvgIpc) is 2.44. The molecule has 1 aromatic rings.